The van der Waals surface area contributed by atoms with E-state index in [1.165, 1.54) is 0 Å². The standard InChI is InChI=1S/C26H24N2O4/c1-3-31-19-12-14-20(15-13-19)32-24-11-7-6-10-23(24)27-25(29)16-17-28-18(2)21-8-4-5-9-22(21)26(28)30/h4-15H,2-3,16-17H2,1H3,(H,27,29). The SMILES string of the molecule is C=C1c2ccccc2C(=O)N1CCC(=O)Nc1ccccc1Oc1ccc(OCC)cc1. The lowest BCUT2D eigenvalue weighted by Crippen LogP contribution is -2.27. The van der Waals surface area contributed by atoms with Crippen molar-refractivity contribution in [2.75, 3.05) is 18.5 Å². The Morgan fingerprint density at radius 3 is 2.31 bits per heavy atom. The zero-order valence-corrected chi connectivity index (χ0v) is 17.8. The van der Waals surface area contributed by atoms with Crippen LogP contribution in [0.2, 0.25) is 0 Å². The highest BCUT2D eigenvalue weighted by Crippen LogP contribution is 2.32. The van der Waals surface area contributed by atoms with Crippen LogP contribution in [-0.4, -0.2) is 29.9 Å². The second-order valence-corrected chi connectivity index (χ2v) is 7.25. The number of nitrogens with zero attached hydrogens (tertiary/aromatic N) is 1. The summed E-state index contributed by atoms with van der Waals surface area (Å²) in [4.78, 5) is 26.8. The molecule has 3 aromatic carbocycles. The van der Waals surface area contributed by atoms with E-state index in [9.17, 15) is 9.59 Å². The Bertz CT molecular complexity index is 1120. The Balaban J connectivity index is 1.38. The lowest BCUT2D eigenvalue weighted by Gasteiger charge is -2.17. The van der Waals surface area contributed by atoms with Gasteiger partial charge in [0, 0.05) is 29.8 Å². The van der Waals surface area contributed by atoms with Crippen LogP contribution in [0.25, 0.3) is 5.70 Å². The van der Waals surface area contributed by atoms with Crippen molar-refractivity contribution >= 4 is 23.2 Å². The molecule has 0 unspecified atom stereocenters. The minimum atomic E-state index is -0.218. The molecule has 1 heterocycles. The van der Waals surface area contributed by atoms with Crippen LogP contribution >= 0.6 is 0 Å². The van der Waals surface area contributed by atoms with E-state index in [0.717, 1.165) is 11.3 Å². The maximum atomic E-state index is 12.6. The van der Waals surface area contributed by atoms with E-state index in [2.05, 4.69) is 11.9 Å². The lowest BCUT2D eigenvalue weighted by atomic mass is 10.1. The largest absolute Gasteiger partial charge is 0.494 e. The average Bonchev–Trinajstić information content (AvgIpc) is 3.05. The topological polar surface area (TPSA) is 67.9 Å². The molecule has 6 nitrogen and oxygen atoms in total. The normalized spacial score (nSPS) is 12.5. The summed E-state index contributed by atoms with van der Waals surface area (Å²) in [5, 5.41) is 2.88. The first-order valence-corrected chi connectivity index (χ1v) is 10.5. The van der Waals surface area contributed by atoms with Gasteiger partial charge in [-0.1, -0.05) is 36.9 Å². The highest BCUT2D eigenvalue weighted by molar-refractivity contribution is 6.09. The first-order valence-electron chi connectivity index (χ1n) is 10.5. The number of anilines is 1. The lowest BCUT2D eigenvalue weighted by molar-refractivity contribution is -0.116. The zero-order chi connectivity index (χ0) is 22.5. The Labute approximate surface area is 187 Å². The molecule has 0 spiro atoms. The molecule has 0 radical (unpaired) electrons. The molecule has 0 bridgehead atoms. The summed E-state index contributed by atoms with van der Waals surface area (Å²) in [6.07, 6.45) is 0.135. The Morgan fingerprint density at radius 2 is 1.59 bits per heavy atom. The number of hydrogen-bond acceptors (Lipinski definition) is 4. The van der Waals surface area contributed by atoms with Gasteiger partial charge in [0.2, 0.25) is 5.91 Å². The fourth-order valence-corrected chi connectivity index (χ4v) is 3.55. The van der Waals surface area contributed by atoms with E-state index in [4.69, 9.17) is 9.47 Å². The van der Waals surface area contributed by atoms with E-state index in [1.54, 1.807) is 23.1 Å². The first-order chi connectivity index (χ1) is 15.6. The van der Waals surface area contributed by atoms with Crippen LogP contribution in [-0.2, 0) is 4.79 Å². The Hall–Kier alpha value is -4.06. The van der Waals surface area contributed by atoms with Gasteiger partial charge in [0.05, 0.1) is 12.3 Å². The quantitative estimate of drug-likeness (QED) is 0.526. The van der Waals surface area contributed by atoms with Crippen LogP contribution in [0.5, 0.6) is 17.2 Å². The third-order valence-corrected chi connectivity index (χ3v) is 5.13. The summed E-state index contributed by atoms with van der Waals surface area (Å²) in [6, 6.07) is 21.8. The summed E-state index contributed by atoms with van der Waals surface area (Å²) < 4.78 is 11.4. The minimum Gasteiger partial charge on any atom is -0.494 e. The van der Waals surface area contributed by atoms with Crippen LogP contribution in [0.1, 0.15) is 29.3 Å². The Kier molecular flexibility index (Phi) is 6.22. The highest BCUT2D eigenvalue weighted by Gasteiger charge is 2.30. The van der Waals surface area contributed by atoms with Gasteiger partial charge in [-0.25, -0.2) is 0 Å². The maximum Gasteiger partial charge on any atom is 0.258 e. The average molecular weight is 428 g/mol. The first kappa shape index (κ1) is 21.2. The van der Waals surface area contributed by atoms with Crippen LogP contribution in [0.15, 0.2) is 79.4 Å². The van der Waals surface area contributed by atoms with E-state index in [-0.39, 0.29) is 24.8 Å². The van der Waals surface area contributed by atoms with E-state index in [0.29, 0.717) is 35.1 Å². The number of fused-ring (bicyclic) bond motifs is 1. The summed E-state index contributed by atoms with van der Waals surface area (Å²) in [5.74, 6) is 1.58. The number of hydrogen-bond donors (Lipinski definition) is 1. The molecule has 0 fully saturated rings. The van der Waals surface area contributed by atoms with E-state index >= 15 is 0 Å². The molecule has 1 aliphatic heterocycles. The molecule has 2 amide bonds. The van der Waals surface area contributed by atoms with Gasteiger partial charge in [0.25, 0.3) is 5.91 Å². The van der Waals surface area contributed by atoms with Gasteiger partial charge in [-0.3, -0.25) is 9.59 Å². The van der Waals surface area contributed by atoms with Gasteiger partial charge < -0.3 is 19.7 Å². The van der Waals surface area contributed by atoms with Crippen molar-refractivity contribution in [3.63, 3.8) is 0 Å². The molecule has 1 aliphatic rings. The van der Waals surface area contributed by atoms with Crippen LogP contribution in [0, 0.1) is 0 Å². The monoisotopic (exact) mass is 428 g/mol. The molecule has 32 heavy (non-hydrogen) atoms. The summed E-state index contributed by atoms with van der Waals surface area (Å²) in [6.45, 7) is 6.79. The number of ether oxygens (including phenoxy) is 2. The van der Waals surface area contributed by atoms with Crippen molar-refractivity contribution in [2.24, 2.45) is 0 Å². The molecule has 162 valence electrons. The molecule has 1 N–H and O–H groups in total. The zero-order valence-electron chi connectivity index (χ0n) is 17.8. The second kappa shape index (κ2) is 9.39. The van der Waals surface area contributed by atoms with Crippen molar-refractivity contribution in [2.45, 2.75) is 13.3 Å². The molecule has 3 aromatic rings. The predicted octanol–water partition coefficient (Wildman–Crippen LogP) is 5.33. The Morgan fingerprint density at radius 1 is 0.938 bits per heavy atom. The second-order valence-electron chi connectivity index (χ2n) is 7.25. The van der Waals surface area contributed by atoms with Crippen LogP contribution < -0.4 is 14.8 Å². The van der Waals surface area contributed by atoms with Gasteiger partial charge in [-0.2, -0.15) is 0 Å². The number of amides is 2. The number of carbonyl (C=O) groups excluding carboxylic acids is 2. The maximum absolute atomic E-state index is 12.6. The smallest absolute Gasteiger partial charge is 0.258 e. The number of rotatable bonds is 8. The number of carbonyl (C=O) groups is 2. The number of nitrogens with one attached hydrogen (secondary N) is 1. The summed E-state index contributed by atoms with van der Waals surface area (Å²) in [7, 11) is 0. The van der Waals surface area contributed by atoms with Gasteiger partial charge in [0.15, 0.2) is 5.75 Å². The van der Waals surface area contributed by atoms with Crippen molar-refractivity contribution in [3.05, 3.63) is 90.5 Å². The van der Waals surface area contributed by atoms with Crippen molar-refractivity contribution in [1.29, 1.82) is 0 Å². The van der Waals surface area contributed by atoms with Gasteiger partial charge in [-0.05, 0) is 49.4 Å². The van der Waals surface area contributed by atoms with Crippen LogP contribution in [0.3, 0.4) is 0 Å². The minimum absolute atomic E-state index is 0.127. The summed E-state index contributed by atoms with van der Waals surface area (Å²) in [5.41, 5.74) is 2.61. The van der Waals surface area contributed by atoms with Crippen molar-refractivity contribution in [1.82, 2.24) is 4.90 Å². The molecule has 0 aliphatic carbocycles. The number of para-hydroxylation sites is 2. The van der Waals surface area contributed by atoms with Gasteiger partial charge >= 0.3 is 0 Å². The molecule has 0 aromatic heterocycles. The van der Waals surface area contributed by atoms with E-state index < -0.39 is 0 Å². The summed E-state index contributed by atoms with van der Waals surface area (Å²) >= 11 is 0. The van der Waals surface area contributed by atoms with Crippen LogP contribution in [0.4, 0.5) is 5.69 Å². The molecule has 0 saturated heterocycles. The molecule has 6 heteroatoms. The fraction of sp³-hybridized carbons (Fsp3) is 0.154. The number of benzene rings is 3. The third kappa shape index (κ3) is 4.49. The fourth-order valence-electron chi connectivity index (χ4n) is 3.55. The third-order valence-electron chi connectivity index (χ3n) is 5.13. The van der Waals surface area contributed by atoms with Gasteiger partial charge in [0.1, 0.15) is 11.5 Å². The van der Waals surface area contributed by atoms with Crippen molar-refractivity contribution < 1.29 is 19.1 Å². The molecular formula is C26H24N2O4. The predicted molar refractivity (Wildman–Crippen MR) is 124 cm³/mol. The van der Waals surface area contributed by atoms with E-state index in [1.807, 2.05) is 61.5 Å². The molecule has 4 rings (SSSR count). The molecule has 0 atom stereocenters. The molecule has 0 saturated carbocycles. The molecular weight excluding hydrogens is 404 g/mol. The highest BCUT2D eigenvalue weighted by atomic mass is 16.5. The van der Waals surface area contributed by atoms with Gasteiger partial charge in [-0.15, -0.1) is 0 Å². The van der Waals surface area contributed by atoms with Crippen molar-refractivity contribution in [3.8, 4) is 17.2 Å².